The number of likely N-dealkylation sites (tertiary alicyclic amines) is 1. The number of benzene rings is 2. The van der Waals surface area contributed by atoms with Gasteiger partial charge in [-0.1, -0.05) is 49.2 Å². The lowest BCUT2D eigenvalue weighted by atomic mass is 9.73. The Morgan fingerprint density at radius 2 is 1.81 bits per heavy atom. The molecular formula is C30H40N2O4. The van der Waals surface area contributed by atoms with Gasteiger partial charge in [0.1, 0.15) is 18.1 Å². The zero-order valence-electron chi connectivity index (χ0n) is 21.6. The van der Waals surface area contributed by atoms with Crippen LogP contribution in [0.4, 0.5) is 0 Å². The number of ether oxygens (including phenoxy) is 2. The largest absolute Gasteiger partial charge is 0.496 e. The van der Waals surface area contributed by atoms with Crippen LogP contribution in [0, 0.1) is 5.41 Å². The Morgan fingerprint density at radius 3 is 2.64 bits per heavy atom. The summed E-state index contributed by atoms with van der Waals surface area (Å²) >= 11 is 0. The van der Waals surface area contributed by atoms with E-state index in [4.69, 9.17) is 9.47 Å². The van der Waals surface area contributed by atoms with Gasteiger partial charge in [0, 0.05) is 19.5 Å². The predicted octanol–water partition coefficient (Wildman–Crippen LogP) is 4.94. The van der Waals surface area contributed by atoms with Gasteiger partial charge in [-0.15, -0.1) is 0 Å². The van der Waals surface area contributed by atoms with Crippen molar-refractivity contribution in [2.75, 3.05) is 33.4 Å². The minimum Gasteiger partial charge on any atom is -0.496 e. The average Bonchev–Trinajstić information content (AvgIpc) is 2.92. The van der Waals surface area contributed by atoms with E-state index >= 15 is 0 Å². The van der Waals surface area contributed by atoms with Crippen LogP contribution in [0.2, 0.25) is 0 Å². The number of fused-ring (bicyclic) bond motifs is 1. The third-order valence-electron chi connectivity index (χ3n) is 7.80. The molecule has 2 amide bonds. The summed E-state index contributed by atoms with van der Waals surface area (Å²) in [4.78, 5) is 28.2. The molecule has 2 aromatic rings. The third kappa shape index (κ3) is 6.59. The summed E-state index contributed by atoms with van der Waals surface area (Å²) in [6, 6.07) is 16.2. The summed E-state index contributed by atoms with van der Waals surface area (Å²) in [6.45, 7) is 2.28. The lowest BCUT2D eigenvalue weighted by Gasteiger charge is -2.41. The maximum Gasteiger partial charge on any atom is 0.226 e. The second-order valence-corrected chi connectivity index (χ2v) is 10.1. The van der Waals surface area contributed by atoms with E-state index in [1.165, 1.54) is 5.56 Å². The lowest BCUT2D eigenvalue weighted by Crippen LogP contribution is -2.50. The van der Waals surface area contributed by atoms with E-state index < -0.39 is 0 Å². The van der Waals surface area contributed by atoms with Gasteiger partial charge in [-0.25, -0.2) is 0 Å². The quantitative estimate of drug-likeness (QED) is 0.642. The molecule has 2 aromatic carbocycles. The van der Waals surface area contributed by atoms with Crippen molar-refractivity contribution in [3.8, 4) is 11.5 Å². The maximum absolute atomic E-state index is 13.3. The number of carbonyl (C=O) groups excluding carboxylic acids is 2. The molecule has 4 rings (SSSR count). The van der Waals surface area contributed by atoms with Crippen LogP contribution in [0.3, 0.4) is 0 Å². The monoisotopic (exact) mass is 492 g/mol. The smallest absolute Gasteiger partial charge is 0.226 e. The number of hydrogen-bond donors (Lipinski definition) is 1. The number of para-hydroxylation sites is 2. The van der Waals surface area contributed by atoms with Gasteiger partial charge < -0.3 is 19.7 Å². The van der Waals surface area contributed by atoms with Crippen molar-refractivity contribution in [2.24, 2.45) is 5.41 Å². The van der Waals surface area contributed by atoms with Gasteiger partial charge in [-0.05, 0) is 68.2 Å². The first-order chi connectivity index (χ1) is 17.6. The highest BCUT2D eigenvalue weighted by molar-refractivity contribution is 5.83. The summed E-state index contributed by atoms with van der Waals surface area (Å²) in [5.41, 5.74) is 2.00. The Kier molecular flexibility index (Phi) is 9.26. The van der Waals surface area contributed by atoms with Crippen molar-refractivity contribution < 1.29 is 19.1 Å². The highest BCUT2D eigenvalue weighted by Gasteiger charge is 2.41. The number of aryl methyl sites for hydroxylation is 2. The molecule has 1 N–H and O–H groups in total. The van der Waals surface area contributed by atoms with E-state index in [0.717, 1.165) is 74.8 Å². The number of piperidine rings is 1. The molecule has 2 aliphatic rings. The SMILES string of the molecule is COc1ccccc1CCCC(=O)N1CCC2(CCCCCc3ccccc3OCCNC2=O)CC1. The number of amides is 2. The molecule has 1 fully saturated rings. The van der Waals surface area contributed by atoms with E-state index in [9.17, 15) is 9.59 Å². The van der Waals surface area contributed by atoms with Crippen LogP contribution in [0.15, 0.2) is 48.5 Å². The third-order valence-corrected chi connectivity index (χ3v) is 7.80. The van der Waals surface area contributed by atoms with Gasteiger partial charge in [-0.2, -0.15) is 0 Å². The molecule has 36 heavy (non-hydrogen) atoms. The van der Waals surface area contributed by atoms with Crippen LogP contribution in [0.1, 0.15) is 62.5 Å². The summed E-state index contributed by atoms with van der Waals surface area (Å²) in [5, 5.41) is 3.14. The highest BCUT2D eigenvalue weighted by atomic mass is 16.5. The zero-order valence-corrected chi connectivity index (χ0v) is 21.6. The van der Waals surface area contributed by atoms with Gasteiger partial charge in [0.05, 0.1) is 19.1 Å². The molecule has 0 atom stereocenters. The van der Waals surface area contributed by atoms with Crippen LogP contribution in [-0.4, -0.2) is 50.1 Å². The molecule has 6 nitrogen and oxygen atoms in total. The van der Waals surface area contributed by atoms with Crippen molar-refractivity contribution in [2.45, 2.75) is 64.2 Å². The maximum atomic E-state index is 13.3. The second kappa shape index (κ2) is 12.8. The van der Waals surface area contributed by atoms with Crippen LogP contribution in [-0.2, 0) is 22.4 Å². The van der Waals surface area contributed by atoms with Crippen molar-refractivity contribution in [1.29, 1.82) is 0 Å². The minimum atomic E-state index is -0.380. The summed E-state index contributed by atoms with van der Waals surface area (Å²) < 4.78 is 11.4. The van der Waals surface area contributed by atoms with Crippen molar-refractivity contribution in [1.82, 2.24) is 10.2 Å². The zero-order chi connectivity index (χ0) is 25.2. The fourth-order valence-corrected chi connectivity index (χ4v) is 5.59. The normalized spacial score (nSPS) is 18.6. The highest BCUT2D eigenvalue weighted by Crippen LogP contribution is 2.38. The van der Waals surface area contributed by atoms with Crippen LogP contribution >= 0.6 is 0 Å². The molecule has 2 aliphatic heterocycles. The second-order valence-electron chi connectivity index (χ2n) is 10.1. The van der Waals surface area contributed by atoms with E-state index in [1.807, 2.05) is 35.2 Å². The first-order valence-electron chi connectivity index (χ1n) is 13.5. The molecule has 0 aliphatic carbocycles. The molecule has 1 spiro atoms. The number of nitrogens with one attached hydrogen (secondary N) is 1. The van der Waals surface area contributed by atoms with Crippen LogP contribution < -0.4 is 14.8 Å². The average molecular weight is 493 g/mol. The number of carbonyl (C=O) groups is 2. The van der Waals surface area contributed by atoms with E-state index in [2.05, 4.69) is 23.5 Å². The number of methoxy groups -OCH3 is 1. The molecule has 0 unspecified atom stereocenters. The number of nitrogens with zero attached hydrogens (tertiary/aromatic N) is 1. The van der Waals surface area contributed by atoms with E-state index in [1.54, 1.807) is 7.11 Å². The molecule has 0 bridgehead atoms. The van der Waals surface area contributed by atoms with Gasteiger partial charge in [0.25, 0.3) is 0 Å². The van der Waals surface area contributed by atoms with Gasteiger partial charge in [0.15, 0.2) is 0 Å². The Morgan fingerprint density at radius 1 is 1.03 bits per heavy atom. The molecule has 0 saturated carbocycles. The van der Waals surface area contributed by atoms with E-state index in [0.29, 0.717) is 32.7 Å². The first-order valence-corrected chi connectivity index (χ1v) is 13.5. The minimum absolute atomic E-state index is 0.127. The number of hydrogen-bond acceptors (Lipinski definition) is 4. The lowest BCUT2D eigenvalue weighted by molar-refractivity contribution is -0.141. The van der Waals surface area contributed by atoms with Crippen molar-refractivity contribution in [3.05, 3.63) is 59.7 Å². The Bertz CT molecular complexity index is 1010. The fraction of sp³-hybridized carbons (Fsp3) is 0.533. The molecule has 0 radical (unpaired) electrons. The van der Waals surface area contributed by atoms with Gasteiger partial charge in [0.2, 0.25) is 11.8 Å². The van der Waals surface area contributed by atoms with E-state index in [-0.39, 0.29) is 17.2 Å². The summed E-state index contributed by atoms with van der Waals surface area (Å²) in [7, 11) is 1.68. The molecule has 194 valence electrons. The Balaban J connectivity index is 1.29. The first kappa shape index (κ1) is 26.1. The standard InChI is InChI=1S/C30H40N2O4/c1-35-26-14-6-4-11-24(26)13-9-16-28(33)32-21-18-30(19-22-32)17-8-2-3-10-25-12-5-7-15-27(25)36-23-20-31-29(30)34/h4-7,11-12,14-15H,2-3,8-10,13,16-23H2,1H3,(H,31,34). The molecule has 6 heteroatoms. The van der Waals surface area contributed by atoms with Crippen LogP contribution in [0.25, 0.3) is 0 Å². The van der Waals surface area contributed by atoms with Gasteiger partial charge >= 0.3 is 0 Å². The Hall–Kier alpha value is -3.02. The number of rotatable bonds is 5. The van der Waals surface area contributed by atoms with Gasteiger partial charge in [-0.3, -0.25) is 9.59 Å². The molecular weight excluding hydrogens is 452 g/mol. The van der Waals surface area contributed by atoms with Crippen molar-refractivity contribution in [3.63, 3.8) is 0 Å². The summed E-state index contributed by atoms with van der Waals surface area (Å²) in [5.74, 6) is 2.12. The fourth-order valence-electron chi connectivity index (χ4n) is 5.59. The molecule has 0 aromatic heterocycles. The molecule has 2 heterocycles. The molecule has 1 saturated heterocycles. The predicted molar refractivity (Wildman–Crippen MR) is 141 cm³/mol. The van der Waals surface area contributed by atoms with Crippen LogP contribution in [0.5, 0.6) is 11.5 Å². The van der Waals surface area contributed by atoms with Crippen molar-refractivity contribution >= 4 is 11.8 Å². The Labute approximate surface area is 215 Å². The topological polar surface area (TPSA) is 67.9 Å². The summed E-state index contributed by atoms with van der Waals surface area (Å²) in [6.07, 6.45) is 8.71.